The van der Waals surface area contributed by atoms with E-state index in [1.165, 1.54) is 0 Å². The first kappa shape index (κ1) is 11.2. The molecule has 3 aromatic rings. The molecular weight excluding hydrogens is 244 g/mol. The zero-order chi connectivity index (χ0) is 13.2. The van der Waals surface area contributed by atoms with Crippen LogP contribution in [0.5, 0.6) is 0 Å². The van der Waals surface area contributed by atoms with Gasteiger partial charge < -0.3 is 4.98 Å². The number of benzene rings is 1. The van der Waals surface area contributed by atoms with Crippen molar-refractivity contribution in [3.05, 3.63) is 58.5 Å². The summed E-state index contributed by atoms with van der Waals surface area (Å²) in [6, 6.07) is 10.3. The average molecular weight is 254 g/mol. The number of amides is 1. The topological polar surface area (TPSA) is 90.6 Å². The fourth-order valence-electron chi connectivity index (χ4n) is 1.78. The number of nitrogens with zero attached hydrogens (tertiary/aromatic N) is 1. The van der Waals surface area contributed by atoms with Crippen LogP contribution in [0.4, 0.5) is 5.95 Å². The third-order valence-electron chi connectivity index (χ3n) is 2.69. The minimum atomic E-state index is -0.324. The first-order valence-corrected chi connectivity index (χ1v) is 5.68. The van der Waals surface area contributed by atoms with Gasteiger partial charge in [-0.05, 0) is 18.2 Å². The number of aromatic nitrogens is 3. The SMILES string of the molecule is O=C(Nc1nc2[nH]ccc2c(=O)[nH]1)c1ccccc1. The van der Waals surface area contributed by atoms with Gasteiger partial charge in [-0.2, -0.15) is 4.98 Å². The van der Waals surface area contributed by atoms with E-state index in [1.807, 2.05) is 6.07 Å². The van der Waals surface area contributed by atoms with Gasteiger partial charge >= 0.3 is 0 Å². The van der Waals surface area contributed by atoms with Crippen LogP contribution in [0, 0.1) is 0 Å². The first-order valence-electron chi connectivity index (χ1n) is 5.68. The zero-order valence-electron chi connectivity index (χ0n) is 9.81. The number of H-pyrrole nitrogens is 2. The van der Waals surface area contributed by atoms with Crippen LogP contribution in [0.2, 0.25) is 0 Å². The van der Waals surface area contributed by atoms with Crippen molar-refractivity contribution < 1.29 is 4.79 Å². The smallest absolute Gasteiger partial charge is 0.261 e. The van der Waals surface area contributed by atoms with Crippen LogP contribution in [0.25, 0.3) is 11.0 Å². The maximum absolute atomic E-state index is 11.9. The number of nitrogens with one attached hydrogen (secondary N) is 3. The number of carbonyl (C=O) groups is 1. The van der Waals surface area contributed by atoms with Gasteiger partial charge in [0.05, 0.1) is 5.39 Å². The molecule has 3 N–H and O–H groups in total. The summed E-state index contributed by atoms with van der Waals surface area (Å²) in [5, 5.41) is 3.01. The Bertz CT molecular complexity index is 789. The summed E-state index contributed by atoms with van der Waals surface area (Å²) in [6.45, 7) is 0. The van der Waals surface area contributed by atoms with Crippen LogP contribution in [-0.4, -0.2) is 20.9 Å². The maximum atomic E-state index is 11.9. The lowest BCUT2D eigenvalue weighted by molar-refractivity contribution is 0.102. The summed E-state index contributed by atoms with van der Waals surface area (Å²) in [5.41, 5.74) is 0.637. The van der Waals surface area contributed by atoms with Crippen molar-refractivity contribution in [1.82, 2.24) is 15.0 Å². The molecule has 0 saturated heterocycles. The predicted molar refractivity (Wildman–Crippen MR) is 71.1 cm³/mol. The summed E-state index contributed by atoms with van der Waals surface area (Å²) in [5.74, 6) is -0.205. The second kappa shape index (κ2) is 4.41. The average Bonchev–Trinajstić information content (AvgIpc) is 2.88. The number of anilines is 1. The largest absolute Gasteiger partial charge is 0.346 e. The Morgan fingerprint density at radius 3 is 2.74 bits per heavy atom. The maximum Gasteiger partial charge on any atom is 0.261 e. The van der Waals surface area contributed by atoms with Crippen LogP contribution in [0.3, 0.4) is 0 Å². The Hall–Kier alpha value is -2.89. The van der Waals surface area contributed by atoms with Gasteiger partial charge in [-0.1, -0.05) is 18.2 Å². The van der Waals surface area contributed by atoms with Crippen LogP contribution >= 0.6 is 0 Å². The van der Waals surface area contributed by atoms with Crippen molar-refractivity contribution in [2.45, 2.75) is 0 Å². The molecule has 94 valence electrons. The van der Waals surface area contributed by atoms with Crippen molar-refractivity contribution >= 4 is 22.9 Å². The van der Waals surface area contributed by atoms with E-state index < -0.39 is 0 Å². The molecule has 0 fully saturated rings. The third-order valence-corrected chi connectivity index (χ3v) is 2.69. The Morgan fingerprint density at radius 1 is 1.16 bits per heavy atom. The zero-order valence-corrected chi connectivity index (χ0v) is 9.81. The van der Waals surface area contributed by atoms with E-state index in [1.54, 1.807) is 36.5 Å². The van der Waals surface area contributed by atoms with Crippen molar-refractivity contribution in [3.63, 3.8) is 0 Å². The van der Waals surface area contributed by atoms with Crippen molar-refractivity contribution in [3.8, 4) is 0 Å². The molecule has 1 aromatic carbocycles. The van der Waals surface area contributed by atoms with Gasteiger partial charge in [0.15, 0.2) is 0 Å². The lowest BCUT2D eigenvalue weighted by atomic mass is 10.2. The molecule has 0 unspecified atom stereocenters. The molecular formula is C13H10N4O2. The van der Waals surface area contributed by atoms with Gasteiger partial charge in [0.1, 0.15) is 5.65 Å². The van der Waals surface area contributed by atoms with E-state index in [0.717, 1.165) is 0 Å². The van der Waals surface area contributed by atoms with Crippen LogP contribution in [0.1, 0.15) is 10.4 Å². The monoisotopic (exact) mass is 254 g/mol. The highest BCUT2D eigenvalue weighted by Gasteiger charge is 2.09. The molecule has 0 spiro atoms. The third kappa shape index (κ3) is 2.11. The second-order valence-corrected chi connectivity index (χ2v) is 3.97. The van der Waals surface area contributed by atoms with Crippen LogP contribution < -0.4 is 10.9 Å². The van der Waals surface area contributed by atoms with E-state index in [-0.39, 0.29) is 17.4 Å². The summed E-state index contributed by atoms with van der Waals surface area (Å²) < 4.78 is 0. The molecule has 0 aliphatic heterocycles. The fraction of sp³-hybridized carbons (Fsp3) is 0. The molecule has 6 nitrogen and oxygen atoms in total. The summed E-state index contributed by atoms with van der Waals surface area (Å²) >= 11 is 0. The number of rotatable bonds is 2. The molecule has 6 heteroatoms. The number of fused-ring (bicyclic) bond motifs is 1. The second-order valence-electron chi connectivity index (χ2n) is 3.97. The normalized spacial score (nSPS) is 10.5. The Morgan fingerprint density at radius 2 is 1.95 bits per heavy atom. The molecule has 0 aliphatic carbocycles. The molecule has 0 saturated carbocycles. The molecule has 1 amide bonds. The standard InChI is InChI=1S/C13H10N4O2/c18-11(8-4-2-1-3-5-8)16-13-15-10-9(6-7-14-10)12(19)17-13/h1-7H,(H3,14,15,16,17,18,19). The number of hydrogen-bond acceptors (Lipinski definition) is 3. The van der Waals surface area contributed by atoms with Gasteiger partial charge in [-0.25, -0.2) is 0 Å². The Labute approximate surface area is 107 Å². The molecule has 19 heavy (non-hydrogen) atoms. The molecule has 2 aromatic heterocycles. The molecule has 0 bridgehead atoms. The molecule has 0 atom stereocenters. The fourth-order valence-corrected chi connectivity index (χ4v) is 1.78. The van der Waals surface area contributed by atoms with Crippen LogP contribution in [-0.2, 0) is 0 Å². The lowest BCUT2D eigenvalue weighted by Crippen LogP contribution is -2.18. The quantitative estimate of drug-likeness (QED) is 0.647. The summed E-state index contributed by atoms with van der Waals surface area (Å²) in [4.78, 5) is 33.1. The molecule has 2 heterocycles. The van der Waals surface area contributed by atoms with Crippen molar-refractivity contribution in [2.75, 3.05) is 5.32 Å². The van der Waals surface area contributed by atoms with Crippen molar-refractivity contribution in [1.29, 1.82) is 0 Å². The molecule has 0 radical (unpaired) electrons. The first-order chi connectivity index (χ1) is 9.24. The minimum absolute atomic E-state index is 0.119. The number of carbonyl (C=O) groups excluding carboxylic acids is 1. The van der Waals surface area contributed by atoms with Gasteiger partial charge in [0, 0.05) is 11.8 Å². The van der Waals surface area contributed by atoms with E-state index in [0.29, 0.717) is 16.6 Å². The van der Waals surface area contributed by atoms with Crippen LogP contribution in [0.15, 0.2) is 47.4 Å². The van der Waals surface area contributed by atoms with E-state index in [9.17, 15) is 9.59 Å². The molecule has 0 aliphatic rings. The Kier molecular flexibility index (Phi) is 2.60. The number of aromatic amines is 2. The highest BCUT2D eigenvalue weighted by atomic mass is 16.2. The minimum Gasteiger partial charge on any atom is -0.346 e. The van der Waals surface area contributed by atoms with Gasteiger partial charge in [-0.15, -0.1) is 0 Å². The van der Waals surface area contributed by atoms with Gasteiger partial charge in [-0.3, -0.25) is 19.9 Å². The predicted octanol–water partition coefficient (Wildman–Crippen LogP) is 1.50. The molecule has 3 rings (SSSR count). The number of hydrogen-bond donors (Lipinski definition) is 3. The van der Waals surface area contributed by atoms with Crippen molar-refractivity contribution in [2.24, 2.45) is 0 Å². The summed E-state index contributed by atoms with van der Waals surface area (Å²) in [6.07, 6.45) is 1.62. The van der Waals surface area contributed by atoms with Gasteiger partial charge in [0.25, 0.3) is 11.5 Å². The highest BCUT2D eigenvalue weighted by molar-refractivity contribution is 6.03. The summed E-state index contributed by atoms with van der Waals surface area (Å²) in [7, 11) is 0. The highest BCUT2D eigenvalue weighted by Crippen LogP contribution is 2.07. The van der Waals surface area contributed by atoms with Gasteiger partial charge in [0.2, 0.25) is 5.95 Å². The van der Waals surface area contributed by atoms with E-state index >= 15 is 0 Å². The van der Waals surface area contributed by atoms with E-state index in [2.05, 4.69) is 20.3 Å². The van der Waals surface area contributed by atoms with E-state index in [4.69, 9.17) is 0 Å². The Balaban J connectivity index is 1.93. The lowest BCUT2D eigenvalue weighted by Gasteiger charge is -2.03.